The van der Waals surface area contributed by atoms with Gasteiger partial charge in [-0.3, -0.25) is 9.48 Å². The van der Waals surface area contributed by atoms with E-state index in [9.17, 15) is 4.79 Å². The number of rotatable bonds is 5. The monoisotopic (exact) mass is 360 g/mol. The molecule has 1 fully saturated rings. The van der Waals surface area contributed by atoms with Crippen molar-refractivity contribution in [1.29, 1.82) is 0 Å². The summed E-state index contributed by atoms with van der Waals surface area (Å²) in [5.74, 6) is -0.0889. The fraction of sp³-hybridized carbons (Fsp3) is 0.273. The van der Waals surface area contributed by atoms with Gasteiger partial charge in [0.2, 0.25) is 0 Å². The Morgan fingerprint density at radius 3 is 2.56 bits per heavy atom. The Morgan fingerprint density at radius 2 is 1.89 bits per heavy atom. The summed E-state index contributed by atoms with van der Waals surface area (Å²) in [5, 5.41) is 7.21. The molecule has 1 N–H and O–H groups in total. The first-order valence-electron chi connectivity index (χ1n) is 9.42. The lowest BCUT2D eigenvalue weighted by molar-refractivity contribution is 0.102. The van der Waals surface area contributed by atoms with Crippen molar-refractivity contribution in [3.63, 3.8) is 0 Å². The number of anilines is 2. The molecule has 5 heteroatoms. The molecule has 2 heterocycles. The predicted molar refractivity (Wildman–Crippen MR) is 108 cm³/mol. The Kier molecular flexibility index (Phi) is 4.92. The number of aryl methyl sites for hydroxylation is 1. The van der Waals surface area contributed by atoms with Gasteiger partial charge in [-0.15, -0.1) is 0 Å². The van der Waals surface area contributed by atoms with Gasteiger partial charge < -0.3 is 10.2 Å². The van der Waals surface area contributed by atoms with Crippen LogP contribution in [0.25, 0.3) is 0 Å². The summed E-state index contributed by atoms with van der Waals surface area (Å²) in [6.07, 6.45) is 6.20. The molecule has 0 aliphatic carbocycles. The van der Waals surface area contributed by atoms with Crippen molar-refractivity contribution in [2.24, 2.45) is 0 Å². The Morgan fingerprint density at radius 1 is 1.11 bits per heavy atom. The van der Waals surface area contributed by atoms with Gasteiger partial charge in [0.05, 0.1) is 6.54 Å². The molecular formula is C22H24N4O. The first-order chi connectivity index (χ1) is 13.2. The minimum Gasteiger partial charge on any atom is -0.371 e. The number of carbonyl (C=O) groups is 1. The molecular weight excluding hydrogens is 336 g/mol. The van der Waals surface area contributed by atoms with Gasteiger partial charge in [0.25, 0.3) is 5.91 Å². The van der Waals surface area contributed by atoms with E-state index in [2.05, 4.69) is 34.4 Å². The summed E-state index contributed by atoms with van der Waals surface area (Å²) in [6, 6.07) is 15.7. The van der Waals surface area contributed by atoms with Crippen LogP contribution in [0.3, 0.4) is 0 Å². The number of hydrogen-bond donors (Lipinski definition) is 1. The Labute approximate surface area is 159 Å². The normalized spacial score (nSPS) is 13.7. The van der Waals surface area contributed by atoms with Crippen molar-refractivity contribution in [2.45, 2.75) is 26.3 Å². The molecule has 0 saturated carbocycles. The molecule has 3 aromatic rings. The topological polar surface area (TPSA) is 50.2 Å². The number of aromatic nitrogens is 2. The van der Waals surface area contributed by atoms with E-state index in [1.54, 1.807) is 6.20 Å². The molecule has 5 nitrogen and oxygen atoms in total. The van der Waals surface area contributed by atoms with E-state index in [-0.39, 0.29) is 5.91 Å². The largest absolute Gasteiger partial charge is 0.371 e. The van der Waals surface area contributed by atoms with Crippen LogP contribution in [-0.2, 0) is 6.54 Å². The zero-order valence-electron chi connectivity index (χ0n) is 15.6. The van der Waals surface area contributed by atoms with Crippen LogP contribution >= 0.6 is 0 Å². The maximum atomic E-state index is 12.6. The number of amides is 1. The van der Waals surface area contributed by atoms with E-state index in [1.165, 1.54) is 24.1 Å². The van der Waals surface area contributed by atoms with Gasteiger partial charge in [-0.1, -0.05) is 12.1 Å². The van der Waals surface area contributed by atoms with Gasteiger partial charge in [0.1, 0.15) is 0 Å². The van der Waals surface area contributed by atoms with Crippen molar-refractivity contribution in [2.75, 3.05) is 23.3 Å². The van der Waals surface area contributed by atoms with Crippen LogP contribution in [0.1, 0.15) is 34.3 Å². The van der Waals surface area contributed by atoms with Crippen LogP contribution in [0.4, 0.5) is 11.4 Å². The van der Waals surface area contributed by atoms with Gasteiger partial charge >= 0.3 is 0 Å². The minimum atomic E-state index is -0.0889. The fourth-order valence-corrected chi connectivity index (χ4v) is 3.59. The molecule has 2 aromatic carbocycles. The highest BCUT2D eigenvalue weighted by atomic mass is 16.1. The second kappa shape index (κ2) is 7.66. The number of nitrogens with zero attached hydrogens (tertiary/aromatic N) is 3. The van der Waals surface area contributed by atoms with E-state index >= 15 is 0 Å². The minimum absolute atomic E-state index is 0.0889. The lowest BCUT2D eigenvalue weighted by Crippen LogP contribution is -2.19. The van der Waals surface area contributed by atoms with Crippen LogP contribution in [0.5, 0.6) is 0 Å². The van der Waals surface area contributed by atoms with Crippen molar-refractivity contribution in [3.8, 4) is 0 Å². The number of hydrogen-bond acceptors (Lipinski definition) is 3. The number of carbonyl (C=O) groups excluding carboxylic acids is 1. The maximum absolute atomic E-state index is 12.6. The molecule has 1 aromatic heterocycles. The van der Waals surface area contributed by atoms with Gasteiger partial charge in [-0.05, 0) is 67.3 Å². The van der Waals surface area contributed by atoms with Crippen molar-refractivity contribution >= 4 is 17.3 Å². The van der Waals surface area contributed by atoms with Gasteiger partial charge in [-0.25, -0.2) is 0 Å². The van der Waals surface area contributed by atoms with Crippen LogP contribution < -0.4 is 10.2 Å². The quantitative estimate of drug-likeness (QED) is 0.745. The summed E-state index contributed by atoms with van der Waals surface area (Å²) in [5.41, 5.74) is 5.07. The third-order valence-electron chi connectivity index (χ3n) is 5.02. The number of benzene rings is 2. The molecule has 1 aliphatic heterocycles. The molecule has 138 valence electrons. The lowest BCUT2D eigenvalue weighted by Gasteiger charge is -2.20. The SMILES string of the molecule is Cc1cc(NC(=O)c2ccc(Cn3cccn3)cc2)ccc1N1CCCC1. The molecule has 1 saturated heterocycles. The van der Waals surface area contributed by atoms with Gasteiger partial charge in [0, 0.05) is 42.4 Å². The molecule has 0 bridgehead atoms. The van der Waals surface area contributed by atoms with Crippen LogP contribution in [0, 0.1) is 6.92 Å². The van der Waals surface area contributed by atoms with E-state index in [1.807, 2.05) is 47.3 Å². The highest BCUT2D eigenvalue weighted by Crippen LogP contribution is 2.27. The van der Waals surface area contributed by atoms with Crippen LogP contribution in [-0.4, -0.2) is 28.8 Å². The zero-order chi connectivity index (χ0) is 18.6. The highest BCUT2D eigenvalue weighted by molar-refractivity contribution is 6.04. The summed E-state index contributed by atoms with van der Waals surface area (Å²) >= 11 is 0. The molecule has 0 spiro atoms. The Bertz CT molecular complexity index is 910. The molecule has 1 aliphatic rings. The van der Waals surface area contributed by atoms with E-state index < -0.39 is 0 Å². The Hall–Kier alpha value is -3.08. The fourth-order valence-electron chi connectivity index (χ4n) is 3.59. The molecule has 1 amide bonds. The van der Waals surface area contributed by atoms with E-state index in [0.717, 1.165) is 24.3 Å². The summed E-state index contributed by atoms with van der Waals surface area (Å²) in [7, 11) is 0. The second-order valence-electron chi connectivity index (χ2n) is 7.05. The average molecular weight is 360 g/mol. The molecule has 0 unspecified atom stereocenters. The molecule has 4 rings (SSSR count). The average Bonchev–Trinajstić information content (AvgIpc) is 3.36. The summed E-state index contributed by atoms with van der Waals surface area (Å²) in [4.78, 5) is 15.0. The van der Waals surface area contributed by atoms with E-state index in [0.29, 0.717) is 12.1 Å². The van der Waals surface area contributed by atoms with Gasteiger partial charge in [0.15, 0.2) is 0 Å². The molecule has 0 radical (unpaired) electrons. The molecule has 27 heavy (non-hydrogen) atoms. The zero-order valence-corrected chi connectivity index (χ0v) is 15.6. The predicted octanol–water partition coefficient (Wildman–Crippen LogP) is 4.09. The first-order valence-corrected chi connectivity index (χ1v) is 9.42. The van der Waals surface area contributed by atoms with Gasteiger partial charge in [-0.2, -0.15) is 5.10 Å². The van der Waals surface area contributed by atoms with Crippen molar-refractivity contribution in [3.05, 3.63) is 77.6 Å². The Balaban J connectivity index is 1.41. The third kappa shape index (κ3) is 4.03. The standard InChI is InChI=1S/C22H24N4O/c1-17-15-20(9-10-21(17)25-12-2-3-13-25)24-22(27)19-7-5-18(6-8-19)16-26-14-4-11-23-26/h4-11,14-15H,2-3,12-13,16H2,1H3,(H,24,27). The number of nitrogens with one attached hydrogen (secondary N) is 1. The van der Waals surface area contributed by atoms with E-state index in [4.69, 9.17) is 0 Å². The highest BCUT2D eigenvalue weighted by Gasteiger charge is 2.15. The van der Waals surface area contributed by atoms with Crippen LogP contribution in [0.2, 0.25) is 0 Å². The summed E-state index contributed by atoms with van der Waals surface area (Å²) < 4.78 is 1.86. The molecule has 0 atom stereocenters. The maximum Gasteiger partial charge on any atom is 0.255 e. The first kappa shape index (κ1) is 17.3. The lowest BCUT2D eigenvalue weighted by atomic mass is 10.1. The smallest absolute Gasteiger partial charge is 0.255 e. The van der Waals surface area contributed by atoms with Crippen molar-refractivity contribution in [1.82, 2.24) is 9.78 Å². The summed E-state index contributed by atoms with van der Waals surface area (Å²) in [6.45, 7) is 5.05. The second-order valence-corrected chi connectivity index (χ2v) is 7.05. The van der Waals surface area contributed by atoms with Crippen LogP contribution in [0.15, 0.2) is 60.9 Å². The van der Waals surface area contributed by atoms with Crippen molar-refractivity contribution < 1.29 is 4.79 Å². The third-order valence-corrected chi connectivity index (χ3v) is 5.02.